The standard InChI is InChI=1S/C13H24N4OS/c1-6-17-11(3)12(10(2)15-17)9-16(4)13(19)14-7-8-18-5/h6-9H2,1-5H3,(H,14,19). The second kappa shape index (κ2) is 7.45. The molecule has 1 rings (SSSR count). The van der Waals surface area contributed by atoms with Gasteiger partial charge in [-0.2, -0.15) is 5.10 Å². The lowest BCUT2D eigenvalue weighted by molar-refractivity contribution is 0.203. The van der Waals surface area contributed by atoms with Crippen LogP contribution in [-0.2, 0) is 17.8 Å². The summed E-state index contributed by atoms with van der Waals surface area (Å²) in [6.45, 7) is 9.30. The van der Waals surface area contributed by atoms with Crippen molar-refractivity contribution in [1.29, 1.82) is 0 Å². The second-order valence-electron chi connectivity index (χ2n) is 4.55. The summed E-state index contributed by atoms with van der Waals surface area (Å²) < 4.78 is 7.02. The summed E-state index contributed by atoms with van der Waals surface area (Å²) in [4.78, 5) is 2.03. The molecule has 0 amide bonds. The summed E-state index contributed by atoms with van der Waals surface area (Å²) >= 11 is 5.34. The van der Waals surface area contributed by atoms with Gasteiger partial charge in [0.05, 0.1) is 12.3 Å². The van der Waals surface area contributed by atoms with Crippen LogP contribution in [0, 0.1) is 13.8 Å². The number of aromatic nitrogens is 2. The van der Waals surface area contributed by atoms with E-state index in [1.54, 1.807) is 7.11 Å². The van der Waals surface area contributed by atoms with E-state index in [4.69, 9.17) is 17.0 Å². The molecule has 1 N–H and O–H groups in total. The molecule has 108 valence electrons. The SMILES string of the molecule is CCn1nc(C)c(CN(C)C(=S)NCCOC)c1C. The van der Waals surface area contributed by atoms with Gasteiger partial charge in [0.1, 0.15) is 0 Å². The Labute approximate surface area is 120 Å². The predicted octanol–water partition coefficient (Wildman–Crippen LogP) is 1.47. The molecule has 0 spiro atoms. The molecule has 1 heterocycles. The summed E-state index contributed by atoms with van der Waals surface area (Å²) in [5.74, 6) is 0. The van der Waals surface area contributed by atoms with Crippen molar-refractivity contribution >= 4 is 17.3 Å². The number of nitrogens with zero attached hydrogens (tertiary/aromatic N) is 3. The lowest BCUT2D eigenvalue weighted by Crippen LogP contribution is -2.38. The van der Waals surface area contributed by atoms with E-state index in [1.807, 2.05) is 23.6 Å². The number of hydrogen-bond acceptors (Lipinski definition) is 3. The van der Waals surface area contributed by atoms with Crippen LogP contribution in [-0.4, -0.2) is 47.1 Å². The van der Waals surface area contributed by atoms with E-state index < -0.39 is 0 Å². The number of nitrogens with one attached hydrogen (secondary N) is 1. The van der Waals surface area contributed by atoms with Crippen LogP contribution in [0.4, 0.5) is 0 Å². The van der Waals surface area contributed by atoms with Crippen LogP contribution < -0.4 is 5.32 Å². The van der Waals surface area contributed by atoms with Crippen molar-refractivity contribution in [2.45, 2.75) is 33.9 Å². The molecular weight excluding hydrogens is 260 g/mol. The molecule has 1 aromatic rings. The second-order valence-corrected chi connectivity index (χ2v) is 4.93. The third-order valence-electron chi connectivity index (χ3n) is 3.16. The van der Waals surface area contributed by atoms with E-state index in [-0.39, 0.29) is 0 Å². The van der Waals surface area contributed by atoms with Crippen molar-refractivity contribution in [3.63, 3.8) is 0 Å². The van der Waals surface area contributed by atoms with Crippen LogP contribution >= 0.6 is 12.2 Å². The smallest absolute Gasteiger partial charge is 0.169 e. The topological polar surface area (TPSA) is 42.3 Å². The highest BCUT2D eigenvalue weighted by atomic mass is 32.1. The van der Waals surface area contributed by atoms with E-state index in [9.17, 15) is 0 Å². The van der Waals surface area contributed by atoms with E-state index in [2.05, 4.69) is 24.3 Å². The van der Waals surface area contributed by atoms with Crippen LogP contribution in [0.1, 0.15) is 23.9 Å². The molecule has 5 nitrogen and oxygen atoms in total. The Morgan fingerprint density at radius 3 is 2.68 bits per heavy atom. The monoisotopic (exact) mass is 284 g/mol. The normalized spacial score (nSPS) is 10.6. The van der Waals surface area contributed by atoms with Crippen LogP contribution in [0.2, 0.25) is 0 Å². The van der Waals surface area contributed by atoms with Crippen molar-refractivity contribution in [2.75, 3.05) is 27.3 Å². The van der Waals surface area contributed by atoms with Crippen molar-refractivity contribution < 1.29 is 4.74 Å². The van der Waals surface area contributed by atoms with E-state index in [0.29, 0.717) is 6.61 Å². The zero-order chi connectivity index (χ0) is 14.4. The molecule has 0 aromatic carbocycles. The molecule has 0 atom stereocenters. The Balaban J connectivity index is 2.63. The zero-order valence-corrected chi connectivity index (χ0v) is 13.3. The van der Waals surface area contributed by atoms with Gasteiger partial charge >= 0.3 is 0 Å². The Morgan fingerprint density at radius 1 is 1.47 bits per heavy atom. The van der Waals surface area contributed by atoms with Gasteiger partial charge in [-0.3, -0.25) is 4.68 Å². The summed E-state index contributed by atoms with van der Waals surface area (Å²) in [5, 5.41) is 8.43. The lowest BCUT2D eigenvalue weighted by Gasteiger charge is -2.21. The molecular formula is C13H24N4OS. The Hall–Kier alpha value is -1.14. The molecule has 0 radical (unpaired) electrons. The third-order valence-corrected chi connectivity index (χ3v) is 3.61. The minimum Gasteiger partial charge on any atom is -0.383 e. The molecule has 0 bridgehead atoms. The lowest BCUT2D eigenvalue weighted by atomic mass is 10.2. The van der Waals surface area contributed by atoms with Crippen LogP contribution in [0.3, 0.4) is 0 Å². The molecule has 0 fully saturated rings. The summed E-state index contributed by atoms with van der Waals surface area (Å²) in [6, 6.07) is 0. The molecule has 0 saturated heterocycles. The van der Waals surface area contributed by atoms with Gasteiger partial charge in [0.2, 0.25) is 0 Å². The highest BCUT2D eigenvalue weighted by Crippen LogP contribution is 2.15. The third kappa shape index (κ3) is 4.18. The molecule has 19 heavy (non-hydrogen) atoms. The summed E-state index contributed by atoms with van der Waals surface area (Å²) in [5.41, 5.74) is 3.54. The molecule has 0 aliphatic heterocycles. The predicted molar refractivity (Wildman–Crippen MR) is 81.3 cm³/mol. The fourth-order valence-electron chi connectivity index (χ4n) is 1.97. The zero-order valence-electron chi connectivity index (χ0n) is 12.5. The van der Waals surface area contributed by atoms with Crippen molar-refractivity contribution in [2.24, 2.45) is 0 Å². The van der Waals surface area contributed by atoms with Gasteiger partial charge in [-0.15, -0.1) is 0 Å². The van der Waals surface area contributed by atoms with E-state index in [0.717, 1.165) is 30.4 Å². The first-order chi connectivity index (χ1) is 9.01. The molecule has 0 unspecified atom stereocenters. The summed E-state index contributed by atoms with van der Waals surface area (Å²) in [7, 11) is 3.67. The largest absolute Gasteiger partial charge is 0.383 e. The van der Waals surface area contributed by atoms with Gasteiger partial charge in [-0.25, -0.2) is 0 Å². The van der Waals surface area contributed by atoms with E-state index >= 15 is 0 Å². The maximum absolute atomic E-state index is 5.34. The van der Waals surface area contributed by atoms with Crippen molar-refractivity contribution in [3.05, 3.63) is 17.0 Å². The van der Waals surface area contributed by atoms with Crippen LogP contribution in [0.25, 0.3) is 0 Å². The Bertz CT molecular complexity index is 431. The number of hydrogen-bond donors (Lipinski definition) is 1. The highest BCUT2D eigenvalue weighted by Gasteiger charge is 2.13. The molecule has 1 aromatic heterocycles. The number of thiocarbonyl (C=S) groups is 1. The first kappa shape index (κ1) is 15.9. The van der Waals surface area contributed by atoms with Crippen molar-refractivity contribution in [1.82, 2.24) is 20.0 Å². The fourth-order valence-corrected chi connectivity index (χ4v) is 2.14. The van der Waals surface area contributed by atoms with Gasteiger partial charge in [-0.1, -0.05) is 0 Å². The summed E-state index contributed by atoms with van der Waals surface area (Å²) in [6.07, 6.45) is 0. The highest BCUT2D eigenvalue weighted by molar-refractivity contribution is 7.80. The number of rotatable bonds is 6. The number of ether oxygens (including phenoxy) is 1. The van der Waals surface area contributed by atoms with Crippen molar-refractivity contribution in [3.8, 4) is 0 Å². The first-order valence-electron chi connectivity index (χ1n) is 6.52. The number of aryl methyl sites for hydroxylation is 2. The first-order valence-corrected chi connectivity index (χ1v) is 6.92. The minimum absolute atomic E-state index is 0.653. The van der Waals surface area contributed by atoms with Gasteiger partial charge in [-0.05, 0) is 33.0 Å². The number of methoxy groups -OCH3 is 1. The van der Waals surface area contributed by atoms with Gasteiger partial charge < -0.3 is 15.0 Å². The van der Waals surface area contributed by atoms with Gasteiger partial charge in [0, 0.05) is 45.0 Å². The quantitative estimate of drug-likeness (QED) is 0.633. The average molecular weight is 284 g/mol. The van der Waals surface area contributed by atoms with Crippen LogP contribution in [0.5, 0.6) is 0 Å². The molecule has 0 saturated carbocycles. The maximum atomic E-state index is 5.34. The minimum atomic E-state index is 0.653. The molecule has 0 aliphatic carbocycles. The van der Waals surface area contributed by atoms with Crippen LogP contribution in [0.15, 0.2) is 0 Å². The van der Waals surface area contributed by atoms with E-state index in [1.165, 1.54) is 11.3 Å². The Morgan fingerprint density at radius 2 is 2.16 bits per heavy atom. The average Bonchev–Trinajstić information content (AvgIpc) is 2.66. The molecule has 6 heteroatoms. The molecule has 0 aliphatic rings. The Kier molecular flexibility index (Phi) is 6.24. The maximum Gasteiger partial charge on any atom is 0.169 e. The van der Waals surface area contributed by atoms with Gasteiger partial charge in [0.15, 0.2) is 5.11 Å². The van der Waals surface area contributed by atoms with Gasteiger partial charge in [0.25, 0.3) is 0 Å². The fraction of sp³-hybridized carbons (Fsp3) is 0.692.